The fourth-order valence-electron chi connectivity index (χ4n) is 2.56. The standard InChI is InChI=1S/C20H15ClN2O5S/c21-18-12-11-16(13-17(18)19(24)25)29(27,28)23(15-9-5-2-6-10-15)20(26)22-14-7-3-1-4-8-14/h1-13H,(H,22,26)(H,24,25). The molecule has 0 atom stereocenters. The molecule has 0 aliphatic rings. The largest absolute Gasteiger partial charge is 0.478 e. The van der Waals surface area contributed by atoms with E-state index in [1.807, 2.05) is 0 Å². The van der Waals surface area contributed by atoms with Crippen molar-refractivity contribution in [2.24, 2.45) is 0 Å². The van der Waals surface area contributed by atoms with E-state index in [2.05, 4.69) is 5.32 Å². The van der Waals surface area contributed by atoms with E-state index in [9.17, 15) is 23.1 Å². The number of halogens is 1. The molecular formula is C20H15ClN2O5S. The third-order valence-electron chi connectivity index (χ3n) is 3.91. The molecule has 0 heterocycles. The highest BCUT2D eigenvalue weighted by Gasteiger charge is 2.32. The zero-order valence-electron chi connectivity index (χ0n) is 14.8. The van der Waals surface area contributed by atoms with Crippen LogP contribution in [0.1, 0.15) is 10.4 Å². The number of sulfonamides is 1. The first-order chi connectivity index (χ1) is 13.8. The van der Waals surface area contributed by atoms with Gasteiger partial charge < -0.3 is 10.4 Å². The van der Waals surface area contributed by atoms with Gasteiger partial charge in [0.1, 0.15) is 0 Å². The summed E-state index contributed by atoms with van der Waals surface area (Å²) >= 11 is 5.84. The number of benzene rings is 3. The molecule has 148 valence electrons. The van der Waals surface area contributed by atoms with E-state index in [4.69, 9.17) is 11.6 Å². The zero-order valence-corrected chi connectivity index (χ0v) is 16.4. The lowest BCUT2D eigenvalue weighted by molar-refractivity contribution is 0.0696. The van der Waals surface area contributed by atoms with Crippen LogP contribution in [0.2, 0.25) is 5.02 Å². The molecule has 0 aliphatic heterocycles. The Hall–Kier alpha value is -3.36. The number of carbonyl (C=O) groups excluding carboxylic acids is 1. The summed E-state index contributed by atoms with van der Waals surface area (Å²) in [5.41, 5.74) is 0.105. The number of nitrogens with zero attached hydrogens (tertiary/aromatic N) is 1. The summed E-state index contributed by atoms with van der Waals surface area (Å²) in [6.45, 7) is 0. The Morgan fingerprint density at radius 2 is 1.48 bits per heavy atom. The van der Waals surface area contributed by atoms with E-state index in [0.29, 0.717) is 9.99 Å². The molecule has 0 saturated carbocycles. The van der Waals surface area contributed by atoms with Gasteiger partial charge in [0, 0.05) is 5.69 Å². The molecular weight excluding hydrogens is 416 g/mol. The summed E-state index contributed by atoms with van der Waals surface area (Å²) in [6.07, 6.45) is 0. The molecule has 3 aromatic carbocycles. The number of carboxylic acid groups (broad SMARTS) is 1. The van der Waals surface area contributed by atoms with Crippen LogP contribution in [0.5, 0.6) is 0 Å². The number of para-hydroxylation sites is 2. The molecule has 0 fully saturated rings. The fourth-order valence-corrected chi connectivity index (χ4v) is 4.14. The van der Waals surface area contributed by atoms with E-state index < -0.39 is 22.0 Å². The van der Waals surface area contributed by atoms with Gasteiger partial charge >= 0.3 is 12.0 Å². The number of amides is 2. The van der Waals surface area contributed by atoms with Crippen LogP contribution < -0.4 is 9.62 Å². The minimum atomic E-state index is -4.45. The van der Waals surface area contributed by atoms with E-state index >= 15 is 0 Å². The summed E-state index contributed by atoms with van der Waals surface area (Å²) in [5, 5.41) is 11.7. The number of carbonyl (C=O) groups is 2. The van der Waals surface area contributed by atoms with Gasteiger partial charge in [-0.3, -0.25) is 0 Å². The number of hydrogen-bond donors (Lipinski definition) is 2. The van der Waals surface area contributed by atoms with Gasteiger partial charge in [-0.1, -0.05) is 48.0 Å². The second-order valence-electron chi connectivity index (χ2n) is 5.85. The molecule has 7 nitrogen and oxygen atoms in total. The van der Waals surface area contributed by atoms with Crippen molar-refractivity contribution < 1.29 is 23.1 Å². The number of carboxylic acids is 1. The molecule has 3 aromatic rings. The molecule has 2 N–H and O–H groups in total. The third kappa shape index (κ3) is 4.39. The summed E-state index contributed by atoms with van der Waals surface area (Å²) in [6, 6.07) is 18.4. The van der Waals surface area contributed by atoms with Crippen LogP contribution in [-0.2, 0) is 10.0 Å². The number of rotatable bonds is 5. The summed E-state index contributed by atoms with van der Waals surface area (Å²) in [7, 11) is -4.45. The van der Waals surface area contributed by atoms with Crippen molar-refractivity contribution in [3.63, 3.8) is 0 Å². The molecule has 0 aliphatic carbocycles. The highest BCUT2D eigenvalue weighted by Crippen LogP contribution is 2.27. The maximum atomic E-state index is 13.3. The Bertz CT molecular complexity index is 1150. The average molecular weight is 431 g/mol. The molecule has 0 radical (unpaired) electrons. The Kier molecular flexibility index (Phi) is 5.86. The number of hydrogen-bond acceptors (Lipinski definition) is 4. The van der Waals surface area contributed by atoms with Gasteiger partial charge in [-0.15, -0.1) is 0 Å². The van der Waals surface area contributed by atoms with Crippen molar-refractivity contribution in [2.45, 2.75) is 4.90 Å². The lowest BCUT2D eigenvalue weighted by Crippen LogP contribution is -2.40. The maximum Gasteiger partial charge on any atom is 0.340 e. The van der Waals surface area contributed by atoms with E-state index in [1.54, 1.807) is 48.5 Å². The topological polar surface area (TPSA) is 104 Å². The number of urea groups is 1. The molecule has 0 bridgehead atoms. The highest BCUT2D eigenvalue weighted by molar-refractivity contribution is 7.93. The van der Waals surface area contributed by atoms with Gasteiger partial charge in [0.05, 0.1) is 21.2 Å². The summed E-state index contributed by atoms with van der Waals surface area (Å²) in [5.74, 6) is -1.38. The number of anilines is 2. The van der Waals surface area contributed by atoms with Crippen LogP contribution in [-0.4, -0.2) is 25.5 Å². The average Bonchev–Trinajstić information content (AvgIpc) is 2.69. The van der Waals surface area contributed by atoms with Crippen molar-refractivity contribution >= 4 is 45.0 Å². The number of aromatic carboxylic acids is 1. The van der Waals surface area contributed by atoms with Crippen molar-refractivity contribution in [1.29, 1.82) is 0 Å². The quantitative estimate of drug-likeness (QED) is 0.621. The van der Waals surface area contributed by atoms with E-state index in [-0.39, 0.29) is 21.2 Å². The normalized spacial score (nSPS) is 10.9. The van der Waals surface area contributed by atoms with Crippen molar-refractivity contribution in [3.05, 3.63) is 89.4 Å². The number of nitrogens with one attached hydrogen (secondary N) is 1. The van der Waals surface area contributed by atoms with Crippen molar-refractivity contribution in [2.75, 3.05) is 9.62 Å². The first kappa shape index (κ1) is 20.4. The van der Waals surface area contributed by atoms with Gasteiger partial charge in [-0.05, 0) is 42.5 Å². The lowest BCUT2D eigenvalue weighted by Gasteiger charge is -2.23. The molecule has 29 heavy (non-hydrogen) atoms. The van der Waals surface area contributed by atoms with Crippen LogP contribution in [0.15, 0.2) is 83.8 Å². The van der Waals surface area contributed by atoms with E-state index in [1.165, 1.54) is 12.1 Å². The van der Waals surface area contributed by atoms with Gasteiger partial charge in [-0.2, -0.15) is 4.31 Å². The predicted octanol–water partition coefficient (Wildman–Crippen LogP) is 4.47. The zero-order chi connectivity index (χ0) is 21.0. The monoisotopic (exact) mass is 430 g/mol. The van der Waals surface area contributed by atoms with Crippen LogP contribution in [0.4, 0.5) is 16.2 Å². The molecule has 0 unspecified atom stereocenters. The summed E-state index contributed by atoms with van der Waals surface area (Å²) < 4.78 is 27.1. The minimum absolute atomic E-state index is 0.0905. The second kappa shape index (κ2) is 8.34. The van der Waals surface area contributed by atoms with Crippen molar-refractivity contribution in [3.8, 4) is 0 Å². The molecule has 9 heteroatoms. The smallest absolute Gasteiger partial charge is 0.340 e. The molecule has 3 rings (SSSR count). The Labute approximate surface area is 172 Å². The van der Waals surface area contributed by atoms with Crippen LogP contribution in [0.25, 0.3) is 0 Å². The Morgan fingerprint density at radius 1 is 0.897 bits per heavy atom. The van der Waals surface area contributed by atoms with Gasteiger partial charge in [0.15, 0.2) is 0 Å². The fraction of sp³-hybridized carbons (Fsp3) is 0. The lowest BCUT2D eigenvalue weighted by atomic mass is 10.2. The minimum Gasteiger partial charge on any atom is -0.478 e. The second-order valence-corrected chi connectivity index (χ2v) is 8.04. The van der Waals surface area contributed by atoms with Crippen LogP contribution in [0, 0.1) is 0 Å². The summed E-state index contributed by atoms with van der Waals surface area (Å²) in [4.78, 5) is 23.9. The molecule has 2 amide bonds. The molecule has 0 spiro atoms. The maximum absolute atomic E-state index is 13.3. The van der Waals surface area contributed by atoms with E-state index in [0.717, 1.165) is 18.2 Å². The Balaban J connectivity index is 2.09. The molecule has 0 saturated heterocycles. The van der Waals surface area contributed by atoms with Crippen LogP contribution >= 0.6 is 11.6 Å². The van der Waals surface area contributed by atoms with Crippen LogP contribution in [0.3, 0.4) is 0 Å². The first-order valence-corrected chi connectivity index (χ1v) is 10.1. The first-order valence-electron chi connectivity index (χ1n) is 8.30. The third-order valence-corrected chi connectivity index (χ3v) is 5.94. The Morgan fingerprint density at radius 3 is 2.07 bits per heavy atom. The predicted molar refractivity (Wildman–Crippen MR) is 110 cm³/mol. The van der Waals surface area contributed by atoms with Crippen molar-refractivity contribution in [1.82, 2.24) is 0 Å². The molecule has 0 aromatic heterocycles. The SMILES string of the molecule is O=C(O)c1cc(S(=O)(=O)N(C(=O)Nc2ccccc2)c2ccccc2)ccc1Cl. The van der Waals surface area contributed by atoms with Gasteiger partial charge in [-0.25, -0.2) is 18.0 Å². The van der Waals surface area contributed by atoms with Gasteiger partial charge in [0.2, 0.25) is 0 Å². The van der Waals surface area contributed by atoms with Gasteiger partial charge in [0.25, 0.3) is 10.0 Å². The highest BCUT2D eigenvalue weighted by atomic mass is 35.5.